The van der Waals surface area contributed by atoms with Crippen LogP contribution in [0.3, 0.4) is 0 Å². The molecule has 4 aromatic rings. The molecule has 350 valence electrons. The molecular weight excluding hydrogens is 868 g/mol. The summed E-state index contributed by atoms with van der Waals surface area (Å²) in [5.41, 5.74) is -5.28. The molecule has 3 heterocycles. The number of aliphatic carboxylic acids is 1. The minimum Gasteiger partial charge on any atom is -0.508 e. The molecule has 22 nitrogen and oxygen atoms in total. The fourth-order valence-electron chi connectivity index (χ4n) is 7.65. The van der Waals surface area contributed by atoms with Crippen LogP contribution in [-0.4, -0.2) is 154 Å². The SMILES string of the molecule is COc1cc(/C=C/C(=O)O[C@@H]2[C@@H](O)[C@H](O)[C@@H](CO)O[C@H]2c2c(O)c([C@@H]3O[C@H](CO)[C@@H](O)[C@H](O)[C@H]3OC(=O)CC(C)(O)CC(=O)O)c3oc(-c4ccc(O)cc4)cc(=O)c3c2O)ccc1O. The van der Waals surface area contributed by atoms with Gasteiger partial charge in [-0.2, -0.15) is 0 Å². The van der Waals surface area contributed by atoms with Gasteiger partial charge in [0.1, 0.15) is 77.2 Å². The lowest BCUT2D eigenvalue weighted by molar-refractivity contribution is -0.243. The summed E-state index contributed by atoms with van der Waals surface area (Å²) in [4.78, 5) is 52.3. The number of benzene rings is 3. The van der Waals surface area contributed by atoms with Gasteiger partial charge in [-0.3, -0.25) is 14.4 Å². The van der Waals surface area contributed by atoms with Crippen molar-refractivity contribution in [3.63, 3.8) is 0 Å². The van der Waals surface area contributed by atoms with Crippen molar-refractivity contribution in [2.75, 3.05) is 20.3 Å². The Morgan fingerprint density at radius 3 is 1.92 bits per heavy atom. The summed E-state index contributed by atoms with van der Waals surface area (Å²) in [6.45, 7) is -1.06. The summed E-state index contributed by atoms with van der Waals surface area (Å²) in [6.07, 6.45) is -20.4. The number of ether oxygens (including phenoxy) is 5. The molecule has 0 amide bonds. The highest BCUT2D eigenvalue weighted by molar-refractivity contribution is 5.92. The van der Waals surface area contributed by atoms with Crippen molar-refractivity contribution < 1.29 is 104 Å². The van der Waals surface area contributed by atoms with Crippen molar-refractivity contribution in [3.8, 4) is 40.1 Å². The van der Waals surface area contributed by atoms with Crippen LogP contribution in [-0.2, 0) is 33.3 Å². The third-order valence-corrected chi connectivity index (χ3v) is 10.8. The number of aromatic hydroxyl groups is 4. The fraction of sp³-hybridized carbons (Fsp3) is 0.395. The Kier molecular flexibility index (Phi) is 14.4. The number of esters is 2. The fourth-order valence-corrected chi connectivity index (χ4v) is 7.65. The zero-order valence-corrected chi connectivity index (χ0v) is 34.3. The summed E-state index contributed by atoms with van der Waals surface area (Å²) < 4.78 is 34.0. The van der Waals surface area contributed by atoms with Gasteiger partial charge in [0.25, 0.3) is 0 Å². The second-order valence-electron chi connectivity index (χ2n) is 15.6. The first-order valence-corrected chi connectivity index (χ1v) is 19.7. The average Bonchev–Trinajstić information content (AvgIpc) is 3.24. The van der Waals surface area contributed by atoms with E-state index >= 15 is 0 Å². The van der Waals surface area contributed by atoms with E-state index in [1.165, 1.54) is 55.7 Å². The lowest BCUT2D eigenvalue weighted by atomic mass is 9.84. The standard InChI is InChI=1S/C43H46O22/c1-43(59,13-26(49)50)14-28(52)65-42-37(58)33(54)25(16-45)63-40(42)31-35(56)30(34(55)29-21(48)12-22(61-38(29)31)18-5-7-19(46)8-6-18)39-41(36(57)32(53)24(15-44)62-39)64-27(51)10-4-17-3-9-20(47)23(11-17)60-2/h3-12,24-25,32-33,36-37,39-42,44-47,53-59H,13-16H2,1-2H3,(H,49,50)/b10-4+/t24-,25-,32-,33-,36+,37+,39+,40+,41-,42-,43?/m1/s1. The first-order valence-electron chi connectivity index (χ1n) is 19.7. The molecule has 2 aliphatic rings. The molecule has 12 N–H and O–H groups in total. The third-order valence-electron chi connectivity index (χ3n) is 10.8. The Labute approximate surface area is 366 Å². The van der Waals surface area contributed by atoms with Gasteiger partial charge in [-0.05, 0) is 55.0 Å². The largest absolute Gasteiger partial charge is 0.508 e. The van der Waals surface area contributed by atoms with Crippen LogP contribution in [0.5, 0.6) is 28.7 Å². The van der Waals surface area contributed by atoms with Crippen molar-refractivity contribution in [1.29, 1.82) is 0 Å². The predicted octanol–water partition coefficient (Wildman–Crippen LogP) is -0.248. The van der Waals surface area contributed by atoms with E-state index < -0.39 is 150 Å². The van der Waals surface area contributed by atoms with E-state index in [1.807, 2.05) is 0 Å². The highest BCUT2D eigenvalue weighted by atomic mass is 16.6. The van der Waals surface area contributed by atoms with E-state index in [-0.39, 0.29) is 28.6 Å². The van der Waals surface area contributed by atoms with Crippen molar-refractivity contribution in [2.24, 2.45) is 0 Å². The van der Waals surface area contributed by atoms with Gasteiger partial charge in [-0.1, -0.05) is 6.07 Å². The molecule has 1 aromatic heterocycles. The number of phenols is 4. The zero-order chi connectivity index (χ0) is 47.7. The van der Waals surface area contributed by atoms with Crippen LogP contribution < -0.4 is 10.2 Å². The zero-order valence-electron chi connectivity index (χ0n) is 34.3. The normalized spacial score (nSPS) is 26.7. The second kappa shape index (κ2) is 19.4. The molecule has 1 unspecified atom stereocenters. The minimum absolute atomic E-state index is 0.0453. The topological polar surface area (TPSA) is 370 Å². The Bertz CT molecular complexity index is 2500. The molecule has 0 bridgehead atoms. The van der Waals surface area contributed by atoms with Gasteiger partial charge in [0.15, 0.2) is 34.7 Å². The summed E-state index contributed by atoms with van der Waals surface area (Å²) in [5, 5.41) is 128. The van der Waals surface area contributed by atoms with Crippen LogP contribution in [0.1, 0.15) is 48.7 Å². The number of hydrogen-bond acceptors (Lipinski definition) is 21. The molecule has 0 radical (unpaired) electrons. The molecule has 65 heavy (non-hydrogen) atoms. The van der Waals surface area contributed by atoms with Gasteiger partial charge < -0.3 is 89.4 Å². The lowest BCUT2D eigenvalue weighted by Gasteiger charge is -2.43. The maximum Gasteiger partial charge on any atom is 0.331 e. The quantitative estimate of drug-likeness (QED) is 0.0573. The van der Waals surface area contributed by atoms with Crippen molar-refractivity contribution >= 4 is 35.0 Å². The summed E-state index contributed by atoms with van der Waals surface area (Å²) in [7, 11) is 1.29. The van der Waals surface area contributed by atoms with Crippen LogP contribution in [0.2, 0.25) is 0 Å². The Morgan fingerprint density at radius 1 is 0.769 bits per heavy atom. The first kappa shape index (κ1) is 48.1. The van der Waals surface area contributed by atoms with Crippen molar-refractivity contribution in [1.82, 2.24) is 0 Å². The summed E-state index contributed by atoms with van der Waals surface area (Å²) in [6, 6.07) is 10.0. The molecule has 0 saturated carbocycles. The molecule has 2 aliphatic heterocycles. The number of phenolic OH excluding ortho intramolecular Hbond substituents is 4. The van der Waals surface area contributed by atoms with Gasteiger partial charge in [0, 0.05) is 17.7 Å². The molecule has 6 rings (SSSR count). The van der Waals surface area contributed by atoms with Gasteiger partial charge in [-0.15, -0.1) is 0 Å². The molecule has 0 aliphatic carbocycles. The number of aliphatic hydroxyl groups excluding tert-OH is 6. The first-order chi connectivity index (χ1) is 30.7. The Morgan fingerprint density at radius 2 is 1.35 bits per heavy atom. The van der Waals surface area contributed by atoms with E-state index in [4.69, 9.17) is 28.1 Å². The second-order valence-corrected chi connectivity index (χ2v) is 15.6. The van der Waals surface area contributed by atoms with E-state index in [1.54, 1.807) is 0 Å². The van der Waals surface area contributed by atoms with Crippen LogP contribution in [0.15, 0.2) is 63.8 Å². The average molecular weight is 915 g/mol. The molecular formula is C43H46O22. The van der Waals surface area contributed by atoms with E-state index in [2.05, 4.69) is 0 Å². The Hall–Kier alpha value is -6.34. The van der Waals surface area contributed by atoms with Crippen molar-refractivity contribution in [2.45, 2.75) is 86.4 Å². The number of rotatable bonds is 14. The summed E-state index contributed by atoms with van der Waals surface area (Å²) in [5.74, 6) is -7.11. The third kappa shape index (κ3) is 10.00. The van der Waals surface area contributed by atoms with Gasteiger partial charge in [0.05, 0.1) is 49.9 Å². The van der Waals surface area contributed by atoms with Crippen molar-refractivity contribution in [3.05, 3.63) is 81.5 Å². The van der Waals surface area contributed by atoms with E-state index in [0.717, 1.165) is 19.1 Å². The summed E-state index contributed by atoms with van der Waals surface area (Å²) >= 11 is 0. The number of carboxylic acids is 1. The molecule has 3 aromatic carbocycles. The maximum atomic E-state index is 14.2. The number of carboxylic acid groups (broad SMARTS) is 1. The highest BCUT2D eigenvalue weighted by Crippen LogP contribution is 2.52. The van der Waals surface area contributed by atoms with Crippen LogP contribution >= 0.6 is 0 Å². The van der Waals surface area contributed by atoms with Gasteiger partial charge >= 0.3 is 17.9 Å². The van der Waals surface area contributed by atoms with Crippen LogP contribution in [0.25, 0.3) is 28.4 Å². The number of hydrogen-bond donors (Lipinski definition) is 12. The van der Waals surface area contributed by atoms with E-state index in [9.17, 15) is 80.5 Å². The molecule has 2 saturated heterocycles. The van der Waals surface area contributed by atoms with Crippen LogP contribution in [0.4, 0.5) is 0 Å². The number of methoxy groups -OCH3 is 1. The predicted molar refractivity (Wildman–Crippen MR) is 217 cm³/mol. The van der Waals surface area contributed by atoms with Gasteiger partial charge in [0.2, 0.25) is 0 Å². The number of carbonyl (C=O) groups excluding carboxylic acids is 2. The van der Waals surface area contributed by atoms with E-state index in [0.29, 0.717) is 5.56 Å². The molecule has 11 atom stereocenters. The monoisotopic (exact) mass is 914 g/mol. The highest BCUT2D eigenvalue weighted by Gasteiger charge is 2.53. The minimum atomic E-state index is -2.23. The smallest absolute Gasteiger partial charge is 0.331 e. The maximum absolute atomic E-state index is 14.2. The number of carbonyl (C=O) groups is 3. The van der Waals surface area contributed by atoms with Crippen LogP contribution in [0, 0.1) is 0 Å². The number of fused-ring (bicyclic) bond motifs is 1. The molecule has 2 fully saturated rings. The lowest BCUT2D eigenvalue weighted by Crippen LogP contribution is -2.57. The molecule has 22 heteroatoms. The van der Waals surface area contributed by atoms with Gasteiger partial charge in [-0.25, -0.2) is 4.79 Å². The number of aliphatic hydroxyl groups is 7. The Balaban J connectivity index is 1.57. The molecule has 0 spiro atoms.